The van der Waals surface area contributed by atoms with Gasteiger partial charge in [0.2, 0.25) is 0 Å². The van der Waals surface area contributed by atoms with Crippen molar-refractivity contribution in [3.05, 3.63) is 71.5 Å². The van der Waals surface area contributed by atoms with Crippen molar-refractivity contribution in [2.45, 2.75) is 25.0 Å². The lowest BCUT2D eigenvalue weighted by Crippen LogP contribution is -2.28. The first kappa shape index (κ1) is 20.5. The Morgan fingerprint density at radius 1 is 1.23 bits per heavy atom. The van der Waals surface area contributed by atoms with E-state index in [1.165, 1.54) is 11.1 Å². The summed E-state index contributed by atoms with van der Waals surface area (Å²) in [5.74, 6) is 0.833. The van der Waals surface area contributed by atoms with Gasteiger partial charge in [-0.25, -0.2) is 0 Å². The number of nitrogens with zero attached hydrogens (tertiary/aromatic N) is 6. The fourth-order valence-electron chi connectivity index (χ4n) is 3.63. The Morgan fingerprint density at radius 3 is 2.68 bits per heavy atom. The zero-order valence-electron chi connectivity index (χ0n) is 16.8. The lowest BCUT2D eigenvalue weighted by atomic mass is 9.97. The highest BCUT2D eigenvalue weighted by molar-refractivity contribution is 5.94. The number of carbonyl (C=O) groups is 1. The van der Waals surface area contributed by atoms with Gasteiger partial charge in [0, 0.05) is 24.6 Å². The number of nitriles is 1. The fourth-order valence-corrected chi connectivity index (χ4v) is 3.63. The molecule has 158 valence electrons. The predicted molar refractivity (Wildman–Crippen MR) is 110 cm³/mol. The van der Waals surface area contributed by atoms with Gasteiger partial charge in [-0.05, 0) is 53.6 Å². The first-order chi connectivity index (χ1) is 15.1. The predicted octanol–water partition coefficient (Wildman–Crippen LogP) is 1.61. The van der Waals surface area contributed by atoms with E-state index < -0.39 is 6.10 Å². The number of carbonyl (C=O) groups excluding carboxylic acids is 1. The highest BCUT2D eigenvalue weighted by atomic mass is 16.5. The van der Waals surface area contributed by atoms with Gasteiger partial charge in [-0.15, -0.1) is 10.2 Å². The van der Waals surface area contributed by atoms with Crippen molar-refractivity contribution in [2.75, 3.05) is 19.7 Å². The molecule has 1 amide bonds. The molecule has 1 fully saturated rings. The van der Waals surface area contributed by atoms with Crippen molar-refractivity contribution in [3.8, 4) is 11.8 Å². The molecule has 9 heteroatoms. The van der Waals surface area contributed by atoms with Crippen LogP contribution >= 0.6 is 0 Å². The largest absolute Gasteiger partial charge is 0.491 e. The van der Waals surface area contributed by atoms with E-state index in [1.54, 1.807) is 24.3 Å². The van der Waals surface area contributed by atoms with Crippen molar-refractivity contribution in [2.24, 2.45) is 0 Å². The number of aliphatic hydroxyl groups excluding tert-OH is 1. The van der Waals surface area contributed by atoms with Crippen molar-refractivity contribution in [1.29, 1.82) is 5.26 Å². The van der Waals surface area contributed by atoms with E-state index in [1.807, 2.05) is 29.2 Å². The number of aromatic nitrogens is 4. The average molecular weight is 418 g/mol. The van der Waals surface area contributed by atoms with Gasteiger partial charge in [0.1, 0.15) is 18.5 Å². The summed E-state index contributed by atoms with van der Waals surface area (Å²) in [7, 11) is 0. The SMILES string of the molecule is N#Cc1ccc([C@@H]2CCN(C(=O)c3ccc(OC[C@H](O)Cn4ncnn4)cc3)C2)cc1. The highest BCUT2D eigenvalue weighted by Gasteiger charge is 2.28. The molecule has 1 aromatic heterocycles. The smallest absolute Gasteiger partial charge is 0.253 e. The van der Waals surface area contributed by atoms with Crippen molar-refractivity contribution >= 4 is 5.91 Å². The molecule has 2 atom stereocenters. The van der Waals surface area contributed by atoms with Crippen molar-refractivity contribution < 1.29 is 14.6 Å². The summed E-state index contributed by atoms with van der Waals surface area (Å²) >= 11 is 0. The van der Waals surface area contributed by atoms with Gasteiger partial charge >= 0.3 is 0 Å². The minimum absolute atomic E-state index is 0.0139. The van der Waals surface area contributed by atoms with E-state index in [2.05, 4.69) is 21.5 Å². The van der Waals surface area contributed by atoms with Crippen molar-refractivity contribution in [3.63, 3.8) is 0 Å². The second-order valence-corrected chi connectivity index (χ2v) is 7.45. The Bertz CT molecular complexity index is 1040. The second kappa shape index (κ2) is 9.36. The minimum atomic E-state index is -0.778. The molecule has 0 aliphatic carbocycles. The summed E-state index contributed by atoms with van der Waals surface area (Å²) in [5, 5.41) is 30.0. The Balaban J connectivity index is 1.29. The molecule has 0 bridgehead atoms. The summed E-state index contributed by atoms with van der Waals surface area (Å²) in [6, 6.07) is 16.6. The summed E-state index contributed by atoms with van der Waals surface area (Å²) in [6.45, 7) is 1.62. The Kier molecular flexibility index (Phi) is 6.19. The molecule has 4 rings (SSSR count). The molecular formula is C22H22N6O3. The number of likely N-dealkylation sites (tertiary alicyclic amines) is 1. The molecule has 0 unspecified atom stereocenters. The first-order valence-corrected chi connectivity index (χ1v) is 10.0. The molecule has 9 nitrogen and oxygen atoms in total. The monoisotopic (exact) mass is 418 g/mol. The topological polar surface area (TPSA) is 117 Å². The Morgan fingerprint density at radius 2 is 2.00 bits per heavy atom. The number of aliphatic hydroxyl groups is 1. The molecule has 1 aliphatic rings. The van der Waals surface area contributed by atoms with Gasteiger partial charge < -0.3 is 14.7 Å². The summed E-state index contributed by atoms with van der Waals surface area (Å²) in [4.78, 5) is 16.0. The number of tetrazole rings is 1. The molecule has 0 spiro atoms. The number of benzene rings is 2. The van der Waals surface area contributed by atoms with E-state index in [0.717, 1.165) is 12.0 Å². The second-order valence-electron chi connectivity index (χ2n) is 7.45. The lowest BCUT2D eigenvalue weighted by molar-refractivity contribution is 0.0788. The van der Waals surface area contributed by atoms with Crippen LogP contribution in [0.2, 0.25) is 0 Å². The third-order valence-electron chi connectivity index (χ3n) is 5.30. The van der Waals surface area contributed by atoms with E-state index >= 15 is 0 Å². The molecule has 0 saturated carbocycles. The van der Waals surface area contributed by atoms with Gasteiger partial charge in [-0.3, -0.25) is 4.79 Å². The Hall–Kier alpha value is -3.77. The van der Waals surface area contributed by atoms with E-state index in [4.69, 9.17) is 10.00 Å². The van der Waals surface area contributed by atoms with Crippen molar-refractivity contribution in [1.82, 2.24) is 25.1 Å². The van der Waals surface area contributed by atoms with Crippen LogP contribution in [-0.4, -0.2) is 61.9 Å². The quantitative estimate of drug-likeness (QED) is 0.619. The van der Waals surface area contributed by atoms with Gasteiger partial charge in [0.15, 0.2) is 6.33 Å². The number of ether oxygens (including phenoxy) is 1. The molecule has 2 aromatic carbocycles. The zero-order chi connectivity index (χ0) is 21.6. The zero-order valence-corrected chi connectivity index (χ0v) is 16.8. The molecule has 31 heavy (non-hydrogen) atoms. The summed E-state index contributed by atoms with van der Waals surface area (Å²) in [5.41, 5.74) is 2.39. The first-order valence-electron chi connectivity index (χ1n) is 10.0. The van der Waals surface area contributed by atoms with Gasteiger partial charge in [0.25, 0.3) is 5.91 Å². The van der Waals surface area contributed by atoms with Gasteiger partial charge in [0.05, 0.1) is 18.2 Å². The molecule has 2 heterocycles. The maximum Gasteiger partial charge on any atom is 0.253 e. The fraction of sp³-hybridized carbons (Fsp3) is 0.318. The van der Waals surface area contributed by atoms with Crippen LogP contribution in [0.3, 0.4) is 0 Å². The van der Waals surface area contributed by atoms with Gasteiger partial charge in [-0.1, -0.05) is 12.1 Å². The molecule has 1 N–H and O–H groups in total. The standard InChI is InChI=1S/C22H22N6O3/c23-11-16-1-3-17(4-2-16)19-9-10-27(12-19)22(30)18-5-7-21(8-6-18)31-14-20(29)13-28-25-15-24-26-28/h1-8,15,19-20,29H,9-10,12-14H2/t19-,20-/m1/s1. The summed E-state index contributed by atoms with van der Waals surface area (Å²) < 4.78 is 5.58. The third-order valence-corrected chi connectivity index (χ3v) is 5.30. The number of amides is 1. The molecular weight excluding hydrogens is 396 g/mol. The molecule has 1 saturated heterocycles. The highest BCUT2D eigenvalue weighted by Crippen LogP contribution is 2.28. The normalized spacial score (nSPS) is 16.6. The van der Waals surface area contributed by atoms with Crippen LogP contribution in [0.1, 0.15) is 33.8 Å². The molecule has 1 aliphatic heterocycles. The number of rotatable bonds is 7. The van der Waals surface area contributed by atoms with Crippen LogP contribution in [0.15, 0.2) is 54.9 Å². The Labute approximate surface area is 179 Å². The van der Waals surface area contributed by atoms with Crippen LogP contribution in [0.4, 0.5) is 0 Å². The third kappa shape index (κ3) is 5.05. The number of hydrogen-bond donors (Lipinski definition) is 1. The van der Waals surface area contributed by atoms with Crippen LogP contribution in [-0.2, 0) is 6.54 Å². The van der Waals surface area contributed by atoms with Gasteiger partial charge in [-0.2, -0.15) is 10.1 Å². The van der Waals surface area contributed by atoms with E-state index in [9.17, 15) is 9.90 Å². The minimum Gasteiger partial charge on any atom is -0.491 e. The van der Waals surface area contributed by atoms with E-state index in [-0.39, 0.29) is 25.0 Å². The maximum absolute atomic E-state index is 12.9. The summed E-state index contributed by atoms with van der Waals surface area (Å²) in [6.07, 6.45) is 1.42. The maximum atomic E-state index is 12.9. The van der Waals surface area contributed by atoms with E-state index in [0.29, 0.717) is 30.0 Å². The lowest BCUT2D eigenvalue weighted by Gasteiger charge is -2.17. The molecule has 0 radical (unpaired) electrons. The van der Waals surface area contributed by atoms with Crippen LogP contribution < -0.4 is 4.74 Å². The molecule has 3 aromatic rings. The van der Waals surface area contributed by atoms with Crippen LogP contribution in [0.25, 0.3) is 0 Å². The average Bonchev–Trinajstić information content (AvgIpc) is 3.50. The van der Waals surface area contributed by atoms with Crippen LogP contribution in [0, 0.1) is 11.3 Å². The number of hydrogen-bond acceptors (Lipinski definition) is 7. The van der Waals surface area contributed by atoms with Crippen LogP contribution in [0.5, 0.6) is 5.75 Å².